The topological polar surface area (TPSA) is 41.6 Å². The number of hydrogen-bond acceptors (Lipinski definition) is 2. The van der Waals surface area contributed by atoms with E-state index in [1.807, 2.05) is 36.2 Å². The summed E-state index contributed by atoms with van der Waals surface area (Å²) in [5.41, 5.74) is 9.32. The van der Waals surface area contributed by atoms with Crippen LogP contribution in [-0.2, 0) is 6.42 Å². The lowest BCUT2D eigenvalue weighted by Crippen LogP contribution is -2.33. The Bertz CT molecular complexity index is 637. The molecule has 0 radical (unpaired) electrons. The third-order valence-corrected chi connectivity index (χ3v) is 4.07. The number of aliphatic imine (C=N–C) groups is 1. The summed E-state index contributed by atoms with van der Waals surface area (Å²) in [6, 6.07) is 16.4. The van der Waals surface area contributed by atoms with Crippen LogP contribution in [0.1, 0.15) is 12.5 Å². The lowest BCUT2D eigenvalue weighted by molar-refractivity contribution is 1.14. The quantitative estimate of drug-likeness (QED) is 0.526. The van der Waals surface area contributed by atoms with E-state index in [9.17, 15) is 0 Å². The van der Waals surface area contributed by atoms with Gasteiger partial charge >= 0.3 is 0 Å². The molecule has 110 valence electrons. The van der Waals surface area contributed by atoms with Crippen LogP contribution >= 0.6 is 11.8 Å². The SMILES string of the molecule is CCc1cccc(N=C(N)N(C)c2cccc(SC)c2)c1. The second kappa shape index (κ2) is 7.18. The summed E-state index contributed by atoms with van der Waals surface area (Å²) >= 11 is 1.71. The van der Waals surface area contributed by atoms with Gasteiger partial charge in [-0.1, -0.05) is 25.1 Å². The van der Waals surface area contributed by atoms with Crippen LogP contribution in [-0.4, -0.2) is 19.3 Å². The normalized spacial score (nSPS) is 11.5. The summed E-state index contributed by atoms with van der Waals surface area (Å²) in [5.74, 6) is 0.488. The summed E-state index contributed by atoms with van der Waals surface area (Å²) in [5, 5.41) is 0. The third-order valence-electron chi connectivity index (χ3n) is 3.35. The Hall–Kier alpha value is -1.94. The number of guanidine groups is 1. The molecule has 0 heterocycles. The highest BCUT2D eigenvalue weighted by atomic mass is 32.2. The van der Waals surface area contributed by atoms with E-state index in [2.05, 4.69) is 42.4 Å². The summed E-state index contributed by atoms with van der Waals surface area (Å²) < 4.78 is 0. The first-order valence-corrected chi connectivity index (χ1v) is 8.17. The van der Waals surface area contributed by atoms with Gasteiger partial charge in [-0.2, -0.15) is 0 Å². The highest BCUT2D eigenvalue weighted by Gasteiger charge is 2.06. The fourth-order valence-corrected chi connectivity index (χ4v) is 2.46. The lowest BCUT2D eigenvalue weighted by Gasteiger charge is -2.18. The Morgan fingerprint density at radius 3 is 2.67 bits per heavy atom. The van der Waals surface area contributed by atoms with Gasteiger partial charge in [0.15, 0.2) is 0 Å². The fourth-order valence-electron chi connectivity index (χ4n) is 2.00. The first-order valence-electron chi connectivity index (χ1n) is 6.95. The first-order chi connectivity index (χ1) is 10.1. The van der Waals surface area contributed by atoms with Gasteiger partial charge in [-0.3, -0.25) is 0 Å². The number of hydrogen-bond donors (Lipinski definition) is 1. The third kappa shape index (κ3) is 4.02. The Morgan fingerprint density at radius 1 is 1.19 bits per heavy atom. The van der Waals surface area contributed by atoms with Crippen LogP contribution in [0.3, 0.4) is 0 Å². The van der Waals surface area contributed by atoms with Gasteiger partial charge in [0, 0.05) is 17.6 Å². The Balaban J connectivity index is 2.24. The van der Waals surface area contributed by atoms with Crippen molar-refractivity contribution >= 4 is 29.1 Å². The predicted octanol–water partition coefficient (Wildman–Crippen LogP) is 4.05. The molecule has 2 rings (SSSR count). The molecule has 0 aliphatic carbocycles. The summed E-state index contributed by atoms with van der Waals surface area (Å²) in [6.07, 6.45) is 3.06. The van der Waals surface area contributed by atoms with Crippen molar-refractivity contribution in [3.63, 3.8) is 0 Å². The zero-order chi connectivity index (χ0) is 15.2. The van der Waals surface area contributed by atoms with Gasteiger partial charge in [0.2, 0.25) is 5.96 Å². The van der Waals surface area contributed by atoms with E-state index < -0.39 is 0 Å². The molecule has 0 bridgehead atoms. The second-order valence-corrected chi connectivity index (χ2v) is 5.63. The molecule has 3 nitrogen and oxygen atoms in total. The second-order valence-electron chi connectivity index (χ2n) is 4.75. The molecule has 0 aliphatic rings. The largest absolute Gasteiger partial charge is 0.369 e. The number of benzene rings is 2. The lowest BCUT2D eigenvalue weighted by atomic mass is 10.1. The number of nitrogens with two attached hydrogens (primary N) is 1. The smallest absolute Gasteiger partial charge is 0.200 e. The molecule has 2 aromatic rings. The van der Waals surface area contributed by atoms with Crippen LogP contribution in [0, 0.1) is 0 Å². The number of nitrogens with zero attached hydrogens (tertiary/aromatic N) is 2. The first kappa shape index (κ1) is 15.4. The molecule has 0 spiro atoms. The summed E-state index contributed by atoms with van der Waals surface area (Å²) in [6.45, 7) is 2.13. The zero-order valence-electron chi connectivity index (χ0n) is 12.7. The Kier molecular flexibility index (Phi) is 5.28. The zero-order valence-corrected chi connectivity index (χ0v) is 13.5. The predicted molar refractivity (Wildman–Crippen MR) is 93.7 cm³/mol. The van der Waals surface area contributed by atoms with Crippen molar-refractivity contribution in [1.82, 2.24) is 0 Å². The van der Waals surface area contributed by atoms with E-state index in [1.165, 1.54) is 10.5 Å². The van der Waals surface area contributed by atoms with Crippen LogP contribution in [0.5, 0.6) is 0 Å². The van der Waals surface area contributed by atoms with Crippen molar-refractivity contribution in [2.24, 2.45) is 10.7 Å². The van der Waals surface area contributed by atoms with Gasteiger partial charge in [-0.25, -0.2) is 4.99 Å². The molecule has 0 aromatic heterocycles. The number of anilines is 1. The molecular weight excluding hydrogens is 278 g/mol. The van der Waals surface area contributed by atoms with Crippen LogP contribution in [0.4, 0.5) is 11.4 Å². The van der Waals surface area contributed by atoms with Crippen molar-refractivity contribution in [3.05, 3.63) is 54.1 Å². The molecule has 4 heteroatoms. The van der Waals surface area contributed by atoms with Crippen molar-refractivity contribution in [2.45, 2.75) is 18.2 Å². The number of aryl methyl sites for hydroxylation is 1. The molecule has 0 unspecified atom stereocenters. The standard InChI is InChI=1S/C17H21N3S/c1-4-13-7-5-8-14(11-13)19-17(18)20(2)15-9-6-10-16(12-15)21-3/h5-12H,4H2,1-3H3,(H2,18,19). The maximum Gasteiger partial charge on any atom is 0.200 e. The Labute approximate surface area is 130 Å². The molecule has 21 heavy (non-hydrogen) atoms. The van der Waals surface area contributed by atoms with Crippen LogP contribution < -0.4 is 10.6 Å². The summed E-state index contributed by atoms with van der Waals surface area (Å²) in [4.78, 5) is 7.62. The minimum Gasteiger partial charge on any atom is -0.369 e. The van der Waals surface area contributed by atoms with Crippen LogP contribution in [0.15, 0.2) is 58.4 Å². The van der Waals surface area contributed by atoms with Gasteiger partial charge in [0.25, 0.3) is 0 Å². The number of rotatable bonds is 4. The average Bonchev–Trinajstić information content (AvgIpc) is 2.54. The van der Waals surface area contributed by atoms with E-state index in [0.717, 1.165) is 17.8 Å². The van der Waals surface area contributed by atoms with Gasteiger partial charge in [-0.15, -0.1) is 11.8 Å². The van der Waals surface area contributed by atoms with E-state index in [0.29, 0.717) is 5.96 Å². The van der Waals surface area contributed by atoms with Gasteiger partial charge < -0.3 is 10.6 Å². The van der Waals surface area contributed by atoms with Crippen molar-refractivity contribution in [1.29, 1.82) is 0 Å². The number of thioether (sulfide) groups is 1. The molecular formula is C17H21N3S. The molecule has 0 saturated heterocycles. The maximum atomic E-state index is 6.13. The average molecular weight is 299 g/mol. The van der Waals surface area contributed by atoms with Crippen molar-refractivity contribution < 1.29 is 0 Å². The maximum absolute atomic E-state index is 6.13. The van der Waals surface area contributed by atoms with E-state index >= 15 is 0 Å². The minimum atomic E-state index is 0.488. The van der Waals surface area contributed by atoms with Crippen LogP contribution in [0.2, 0.25) is 0 Å². The van der Waals surface area contributed by atoms with Crippen molar-refractivity contribution in [2.75, 3.05) is 18.2 Å². The van der Waals surface area contributed by atoms with Gasteiger partial charge in [-0.05, 0) is 48.6 Å². The molecule has 2 aromatic carbocycles. The highest BCUT2D eigenvalue weighted by Crippen LogP contribution is 2.22. The molecule has 0 atom stereocenters. The molecule has 0 fully saturated rings. The van der Waals surface area contributed by atoms with Gasteiger partial charge in [0.1, 0.15) is 0 Å². The highest BCUT2D eigenvalue weighted by molar-refractivity contribution is 7.98. The molecule has 2 N–H and O–H groups in total. The fraction of sp³-hybridized carbons (Fsp3) is 0.235. The van der Waals surface area contributed by atoms with Crippen LogP contribution in [0.25, 0.3) is 0 Å². The molecule has 0 aliphatic heterocycles. The van der Waals surface area contributed by atoms with E-state index in [1.54, 1.807) is 11.8 Å². The van der Waals surface area contributed by atoms with E-state index in [-0.39, 0.29) is 0 Å². The molecule has 0 amide bonds. The minimum absolute atomic E-state index is 0.488. The van der Waals surface area contributed by atoms with Gasteiger partial charge in [0.05, 0.1) is 5.69 Å². The Morgan fingerprint density at radius 2 is 1.95 bits per heavy atom. The monoisotopic (exact) mass is 299 g/mol. The van der Waals surface area contributed by atoms with Crippen molar-refractivity contribution in [3.8, 4) is 0 Å². The summed E-state index contributed by atoms with van der Waals surface area (Å²) in [7, 11) is 1.93. The molecule has 0 saturated carbocycles. The van der Waals surface area contributed by atoms with E-state index in [4.69, 9.17) is 5.73 Å².